The van der Waals surface area contributed by atoms with Gasteiger partial charge in [0.25, 0.3) is 5.91 Å². The first-order valence-corrected chi connectivity index (χ1v) is 9.71. The first kappa shape index (κ1) is 17.8. The highest BCUT2D eigenvalue weighted by molar-refractivity contribution is 6.07. The highest BCUT2D eigenvalue weighted by Crippen LogP contribution is 2.31. The third-order valence-corrected chi connectivity index (χ3v) is 5.44. The lowest BCUT2D eigenvalue weighted by molar-refractivity contribution is -0.127. The van der Waals surface area contributed by atoms with Crippen LogP contribution in [0, 0.1) is 0 Å². The monoisotopic (exact) mass is 370 g/mol. The van der Waals surface area contributed by atoms with Gasteiger partial charge in [0.15, 0.2) is 0 Å². The number of oxime groups is 1. The van der Waals surface area contributed by atoms with E-state index in [4.69, 9.17) is 15.3 Å². The van der Waals surface area contributed by atoms with Crippen molar-refractivity contribution in [1.29, 1.82) is 0 Å². The topological polar surface area (TPSA) is 89.5 Å². The van der Waals surface area contributed by atoms with Crippen LogP contribution in [0.5, 0.6) is 5.75 Å². The molecule has 1 aromatic carbocycles. The maximum absolute atomic E-state index is 11.4. The number of hydrogen-bond acceptors (Lipinski definition) is 6. The van der Waals surface area contributed by atoms with E-state index in [9.17, 15) is 4.79 Å². The number of nitrogens with zero attached hydrogens (tertiary/aromatic N) is 3. The zero-order valence-electron chi connectivity index (χ0n) is 15.7. The molecule has 0 aromatic heterocycles. The Kier molecular flexibility index (Phi) is 5.01. The van der Waals surface area contributed by atoms with Gasteiger partial charge in [-0.05, 0) is 37.8 Å². The highest BCUT2D eigenvalue weighted by Gasteiger charge is 2.29. The van der Waals surface area contributed by atoms with Crippen molar-refractivity contribution < 1.29 is 14.4 Å². The van der Waals surface area contributed by atoms with Gasteiger partial charge in [0.2, 0.25) is 6.10 Å². The van der Waals surface area contributed by atoms with Gasteiger partial charge < -0.3 is 20.2 Å². The van der Waals surface area contributed by atoms with Crippen molar-refractivity contribution in [2.75, 3.05) is 20.1 Å². The van der Waals surface area contributed by atoms with Crippen LogP contribution in [0.15, 0.2) is 28.3 Å². The Bertz CT molecular complexity index is 783. The Balaban J connectivity index is 1.64. The van der Waals surface area contributed by atoms with Gasteiger partial charge in [-0.15, -0.1) is 0 Å². The Hall–Kier alpha value is -2.57. The molecule has 4 rings (SSSR count). The standard InChI is InChI=1S/C20H26N4O3/c1-24-10-9-22-20(24)13-7-8-15(16-12-18(19(21)25)27-23-16)17(11-13)26-14-5-3-2-4-6-14/h7-8,11,14,18H,2-6,9-10,12H2,1H3,(H2,21,25). The summed E-state index contributed by atoms with van der Waals surface area (Å²) in [5.74, 6) is 1.27. The molecule has 1 atom stereocenters. The fourth-order valence-electron chi connectivity index (χ4n) is 3.89. The molecule has 2 aliphatic heterocycles. The average molecular weight is 370 g/mol. The second kappa shape index (κ2) is 7.58. The molecule has 1 amide bonds. The minimum Gasteiger partial charge on any atom is -0.490 e. The third kappa shape index (κ3) is 3.77. The van der Waals surface area contributed by atoms with E-state index in [1.807, 2.05) is 25.2 Å². The van der Waals surface area contributed by atoms with Crippen LogP contribution < -0.4 is 10.5 Å². The second-order valence-electron chi connectivity index (χ2n) is 7.45. The number of primary amides is 1. The quantitative estimate of drug-likeness (QED) is 0.859. The molecule has 144 valence electrons. The molecule has 1 aromatic rings. The van der Waals surface area contributed by atoms with E-state index in [0.29, 0.717) is 12.1 Å². The van der Waals surface area contributed by atoms with Crippen molar-refractivity contribution >= 4 is 17.5 Å². The molecule has 1 unspecified atom stereocenters. The number of amidine groups is 1. The fourth-order valence-corrected chi connectivity index (χ4v) is 3.89. The average Bonchev–Trinajstić information content (AvgIpc) is 3.32. The molecule has 3 aliphatic rings. The van der Waals surface area contributed by atoms with E-state index in [1.54, 1.807) is 0 Å². The van der Waals surface area contributed by atoms with Crippen molar-refractivity contribution in [3.8, 4) is 5.75 Å². The number of carbonyl (C=O) groups is 1. The van der Waals surface area contributed by atoms with Gasteiger partial charge in [0.1, 0.15) is 11.6 Å². The maximum Gasteiger partial charge on any atom is 0.261 e. The number of likely N-dealkylation sites (N-methyl/N-ethyl adjacent to an activating group) is 1. The fraction of sp³-hybridized carbons (Fsp3) is 0.550. The molecular weight excluding hydrogens is 344 g/mol. The smallest absolute Gasteiger partial charge is 0.261 e. The number of carbonyl (C=O) groups excluding carboxylic acids is 1. The summed E-state index contributed by atoms with van der Waals surface area (Å²) in [4.78, 5) is 23.4. The van der Waals surface area contributed by atoms with Crippen LogP contribution >= 0.6 is 0 Å². The molecule has 2 N–H and O–H groups in total. The molecule has 27 heavy (non-hydrogen) atoms. The van der Waals surface area contributed by atoms with Crippen LogP contribution in [0.4, 0.5) is 0 Å². The van der Waals surface area contributed by atoms with Gasteiger partial charge in [0.05, 0.1) is 18.4 Å². The normalized spacial score (nSPS) is 23.0. The number of hydrogen-bond donors (Lipinski definition) is 1. The molecule has 0 saturated heterocycles. The molecule has 1 fully saturated rings. The lowest BCUT2D eigenvalue weighted by Crippen LogP contribution is -2.28. The van der Waals surface area contributed by atoms with Gasteiger partial charge in [-0.1, -0.05) is 17.6 Å². The molecule has 7 nitrogen and oxygen atoms in total. The summed E-state index contributed by atoms with van der Waals surface area (Å²) in [6, 6.07) is 6.07. The van der Waals surface area contributed by atoms with E-state index in [-0.39, 0.29) is 6.10 Å². The minimum atomic E-state index is -0.701. The molecule has 0 bridgehead atoms. The molecule has 7 heteroatoms. The molecule has 0 radical (unpaired) electrons. The number of rotatable bonds is 5. The van der Waals surface area contributed by atoms with Crippen molar-refractivity contribution in [1.82, 2.24) is 4.90 Å². The Morgan fingerprint density at radius 3 is 2.78 bits per heavy atom. The molecule has 1 saturated carbocycles. The first-order valence-electron chi connectivity index (χ1n) is 9.71. The van der Waals surface area contributed by atoms with Gasteiger partial charge in [-0.2, -0.15) is 0 Å². The zero-order chi connectivity index (χ0) is 18.8. The lowest BCUT2D eigenvalue weighted by atomic mass is 9.97. The van der Waals surface area contributed by atoms with Crippen LogP contribution in [0.3, 0.4) is 0 Å². The van der Waals surface area contributed by atoms with Gasteiger partial charge in [-0.3, -0.25) is 9.79 Å². The summed E-state index contributed by atoms with van der Waals surface area (Å²) >= 11 is 0. The maximum atomic E-state index is 11.4. The predicted molar refractivity (Wildman–Crippen MR) is 103 cm³/mol. The van der Waals surface area contributed by atoms with Crippen LogP contribution in [0.2, 0.25) is 0 Å². The molecular formula is C20H26N4O3. The molecule has 0 spiro atoms. The van der Waals surface area contributed by atoms with Crippen LogP contribution in [0.1, 0.15) is 49.7 Å². The summed E-state index contributed by atoms with van der Waals surface area (Å²) in [7, 11) is 2.05. The number of amides is 1. The zero-order valence-corrected chi connectivity index (χ0v) is 15.7. The second-order valence-corrected chi connectivity index (χ2v) is 7.45. The Labute approximate surface area is 159 Å². The molecule has 2 heterocycles. The van der Waals surface area contributed by atoms with Crippen LogP contribution in [-0.4, -0.2) is 54.7 Å². The number of ether oxygens (including phenoxy) is 1. The third-order valence-electron chi connectivity index (χ3n) is 5.44. The molecule has 1 aliphatic carbocycles. The first-order chi connectivity index (χ1) is 13.1. The number of aliphatic imine (C=N–C) groups is 1. The van der Waals surface area contributed by atoms with E-state index >= 15 is 0 Å². The number of nitrogens with two attached hydrogens (primary N) is 1. The van der Waals surface area contributed by atoms with Crippen LogP contribution in [-0.2, 0) is 9.63 Å². The van der Waals surface area contributed by atoms with Crippen LogP contribution in [0.25, 0.3) is 0 Å². The van der Waals surface area contributed by atoms with Gasteiger partial charge in [0, 0.05) is 31.1 Å². The van der Waals surface area contributed by atoms with E-state index in [2.05, 4.69) is 15.0 Å². The van der Waals surface area contributed by atoms with Crippen molar-refractivity contribution in [3.63, 3.8) is 0 Å². The lowest BCUT2D eigenvalue weighted by Gasteiger charge is -2.25. The van der Waals surface area contributed by atoms with Gasteiger partial charge in [-0.25, -0.2) is 0 Å². The van der Waals surface area contributed by atoms with E-state index in [0.717, 1.165) is 48.6 Å². The summed E-state index contributed by atoms with van der Waals surface area (Å²) in [6.45, 7) is 1.74. The Morgan fingerprint density at radius 1 is 1.30 bits per heavy atom. The Morgan fingerprint density at radius 2 is 2.11 bits per heavy atom. The van der Waals surface area contributed by atoms with Crippen molar-refractivity contribution in [2.24, 2.45) is 15.9 Å². The SMILES string of the molecule is CN1CCN=C1c1ccc(C2=NOC(C(N)=O)C2)c(OC2CCCCC2)c1. The summed E-state index contributed by atoms with van der Waals surface area (Å²) in [5.41, 5.74) is 7.97. The van der Waals surface area contributed by atoms with Crippen molar-refractivity contribution in [3.05, 3.63) is 29.3 Å². The summed E-state index contributed by atoms with van der Waals surface area (Å²) in [6.07, 6.45) is 5.69. The predicted octanol–water partition coefficient (Wildman–Crippen LogP) is 2.07. The minimum absolute atomic E-state index is 0.214. The number of benzene rings is 1. The summed E-state index contributed by atoms with van der Waals surface area (Å²) < 4.78 is 6.40. The van der Waals surface area contributed by atoms with E-state index < -0.39 is 12.0 Å². The largest absolute Gasteiger partial charge is 0.490 e. The summed E-state index contributed by atoms with van der Waals surface area (Å²) in [5, 5.41) is 4.10. The van der Waals surface area contributed by atoms with Gasteiger partial charge >= 0.3 is 0 Å². The van der Waals surface area contributed by atoms with Crippen molar-refractivity contribution in [2.45, 2.75) is 50.7 Å². The van der Waals surface area contributed by atoms with E-state index in [1.165, 1.54) is 19.3 Å². The highest BCUT2D eigenvalue weighted by atomic mass is 16.6.